The van der Waals surface area contributed by atoms with Crippen LogP contribution < -0.4 is 9.47 Å². The van der Waals surface area contributed by atoms with Crippen molar-refractivity contribution in [3.05, 3.63) is 131 Å². The van der Waals surface area contributed by atoms with E-state index in [1.807, 2.05) is 84.9 Å². The maximum absolute atomic E-state index is 10.6. The van der Waals surface area contributed by atoms with Crippen LogP contribution in [0.15, 0.2) is 109 Å². The quantitative estimate of drug-likeness (QED) is 0.0998. The topological polar surface area (TPSA) is 112 Å². The van der Waals surface area contributed by atoms with Gasteiger partial charge in [-0.1, -0.05) is 84.9 Å². The predicted molar refractivity (Wildman–Crippen MR) is 168 cm³/mol. The second-order valence-corrected chi connectivity index (χ2v) is 9.74. The van der Waals surface area contributed by atoms with Crippen LogP contribution in [-0.2, 0) is 19.1 Å². The largest absolute Gasteiger partial charge is 0.491 e. The highest BCUT2D eigenvalue weighted by molar-refractivity contribution is 6.04. The number of benzene rings is 4. The number of hydrogen-bond donors (Lipinski definition) is 2. The van der Waals surface area contributed by atoms with Gasteiger partial charge in [-0.25, -0.2) is 0 Å². The first-order valence-electron chi connectivity index (χ1n) is 14.4. The second-order valence-electron chi connectivity index (χ2n) is 9.74. The van der Waals surface area contributed by atoms with Crippen LogP contribution in [0.3, 0.4) is 0 Å². The van der Waals surface area contributed by atoms with Crippen LogP contribution in [0, 0.1) is 0 Å². The standard InChI is InChI=1S/C36H36O8/c37-33(38)19-21-41-23-25-43-31-15-11-29(12-16-31)35(27-7-3-1-4-8-27)36(28-9-5-2-6-10-28)30-13-17-32(18-14-30)44-26-24-42-22-20-34(39)40/h1-18H,19-26H2,(H,37,38)(H,39,40)/b36-35+. The lowest BCUT2D eigenvalue weighted by atomic mass is 9.86. The SMILES string of the molecule is O=C(O)CCOCCOc1ccc(/C(=C(\c2ccccc2)c2ccc(OCCOCCC(=O)O)cc2)c2ccccc2)cc1. The van der Waals surface area contributed by atoms with Gasteiger partial charge in [0.2, 0.25) is 0 Å². The van der Waals surface area contributed by atoms with Gasteiger partial charge in [0.15, 0.2) is 0 Å². The van der Waals surface area contributed by atoms with Gasteiger partial charge in [-0.3, -0.25) is 9.59 Å². The number of rotatable bonds is 18. The summed E-state index contributed by atoms with van der Waals surface area (Å²) in [5.41, 5.74) is 6.26. The first-order valence-corrected chi connectivity index (χ1v) is 14.4. The molecule has 4 rings (SSSR count). The minimum atomic E-state index is -0.889. The molecule has 0 saturated heterocycles. The van der Waals surface area contributed by atoms with E-state index < -0.39 is 11.9 Å². The third-order valence-electron chi connectivity index (χ3n) is 6.57. The van der Waals surface area contributed by atoms with Crippen LogP contribution in [0.1, 0.15) is 35.1 Å². The van der Waals surface area contributed by atoms with Crippen molar-refractivity contribution in [1.82, 2.24) is 0 Å². The van der Waals surface area contributed by atoms with E-state index >= 15 is 0 Å². The van der Waals surface area contributed by atoms with Crippen LogP contribution >= 0.6 is 0 Å². The molecule has 228 valence electrons. The maximum atomic E-state index is 10.6. The fraction of sp³-hybridized carbons (Fsp3) is 0.222. The molecule has 0 unspecified atom stereocenters. The number of carboxylic acid groups (broad SMARTS) is 2. The van der Waals surface area contributed by atoms with E-state index in [0.717, 1.165) is 33.4 Å². The molecule has 0 spiro atoms. The van der Waals surface area contributed by atoms with Gasteiger partial charge in [-0.15, -0.1) is 0 Å². The Bertz CT molecular complexity index is 1370. The van der Waals surface area contributed by atoms with E-state index in [9.17, 15) is 9.59 Å². The summed E-state index contributed by atoms with van der Waals surface area (Å²) < 4.78 is 22.3. The normalized spacial score (nSPS) is 11.5. The lowest BCUT2D eigenvalue weighted by Gasteiger charge is -2.19. The fourth-order valence-electron chi connectivity index (χ4n) is 4.52. The summed E-state index contributed by atoms with van der Waals surface area (Å²) in [6.07, 6.45) is -0.0676. The van der Waals surface area contributed by atoms with E-state index in [-0.39, 0.29) is 26.1 Å². The van der Waals surface area contributed by atoms with Crippen molar-refractivity contribution in [2.45, 2.75) is 12.8 Å². The summed E-state index contributed by atoms with van der Waals surface area (Å²) >= 11 is 0. The molecule has 8 nitrogen and oxygen atoms in total. The van der Waals surface area contributed by atoms with E-state index in [1.54, 1.807) is 0 Å². The Morgan fingerprint density at radius 1 is 0.432 bits per heavy atom. The minimum absolute atomic E-state index is 0.0338. The molecule has 0 bridgehead atoms. The first-order chi connectivity index (χ1) is 21.5. The third kappa shape index (κ3) is 10.1. The van der Waals surface area contributed by atoms with Crippen molar-refractivity contribution in [2.75, 3.05) is 39.6 Å². The Balaban J connectivity index is 1.59. The second kappa shape index (κ2) is 17.3. The van der Waals surface area contributed by atoms with Crippen LogP contribution in [0.25, 0.3) is 11.1 Å². The molecule has 0 aliphatic carbocycles. The fourth-order valence-corrected chi connectivity index (χ4v) is 4.52. The number of hydrogen-bond acceptors (Lipinski definition) is 6. The number of ether oxygens (including phenoxy) is 4. The molecule has 0 atom stereocenters. The van der Waals surface area contributed by atoms with Gasteiger partial charge in [-0.05, 0) is 57.7 Å². The first kappa shape index (κ1) is 32.0. The van der Waals surface area contributed by atoms with Crippen LogP contribution in [-0.4, -0.2) is 61.8 Å². The smallest absolute Gasteiger partial charge is 0.305 e. The molecule has 2 N–H and O–H groups in total. The highest BCUT2D eigenvalue weighted by Gasteiger charge is 2.16. The van der Waals surface area contributed by atoms with Crippen molar-refractivity contribution in [2.24, 2.45) is 0 Å². The molecular formula is C36H36O8. The van der Waals surface area contributed by atoms with Gasteiger partial charge in [-0.2, -0.15) is 0 Å². The molecule has 0 saturated carbocycles. The molecule has 8 heteroatoms. The Kier molecular flexibility index (Phi) is 12.6. The number of carboxylic acids is 2. The van der Waals surface area contributed by atoms with E-state index in [4.69, 9.17) is 29.2 Å². The van der Waals surface area contributed by atoms with Crippen molar-refractivity contribution in [3.63, 3.8) is 0 Å². The summed E-state index contributed by atoms with van der Waals surface area (Å²) in [5.74, 6) is -0.394. The Labute approximate surface area is 257 Å². The van der Waals surface area contributed by atoms with Gasteiger partial charge < -0.3 is 29.2 Å². The van der Waals surface area contributed by atoms with E-state index in [1.165, 1.54) is 0 Å². The average molecular weight is 597 g/mol. The molecule has 0 aromatic heterocycles. The lowest BCUT2D eigenvalue weighted by molar-refractivity contribution is -0.139. The molecule has 0 aliphatic heterocycles. The summed E-state index contributed by atoms with van der Waals surface area (Å²) in [6.45, 7) is 1.55. The average Bonchev–Trinajstić information content (AvgIpc) is 3.04. The van der Waals surface area contributed by atoms with Crippen molar-refractivity contribution in [1.29, 1.82) is 0 Å². The zero-order valence-corrected chi connectivity index (χ0v) is 24.4. The molecule has 44 heavy (non-hydrogen) atoms. The summed E-state index contributed by atoms with van der Waals surface area (Å²) in [5, 5.41) is 17.5. The number of carbonyl (C=O) groups is 2. The summed E-state index contributed by atoms with van der Waals surface area (Å²) in [7, 11) is 0. The van der Waals surface area contributed by atoms with Gasteiger partial charge in [0.05, 0.1) is 39.3 Å². The van der Waals surface area contributed by atoms with Crippen LogP contribution in [0.2, 0.25) is 0 Å². The van der Waals surface area contributed by atoms with E-state index in [0.29, 0.717) is 37.9 Å². The van der Waals surface area contributed by atoms with Crippen molar-refractivity contribution in [3.8, 4) is 11.5 Å². The molecule has 0 fully saturated rings. The predicted octanol–water partition coefficient (Wildman–Crippen LogP) is 6.43. The highest BCUT2D eigenvalue weighted by atomic mass is 16.5. The van der Waals surface area contributed by atoms with Crippen molar-refractivity contribution < 1.29 is 38.7 Å². The molecule has 0 radical (unpaired) electrons. The lowest BCUT2D eigenvalue weighted by Crippen LogP contribution is -2.09. The zero-order valence-electron chi connectivity index (χ0n) is 24.4. The van der Waals surface area contributed by atoms with Gasteiger partial charge in [0.25, 0.3) is 0 Å². The Morgan fingerprint density at radius 2 is 0.773 bits per heavy atom. The third-order valence-corrected chi connectivity index (χ3v) is 6.57. The maximum Gasteiger partial charge on any atom is 0.305 e. The Morgan fingerprint density at radius 3 is 1.11 bits per heavy atom. The molecule has 0 amide bonds. The minimum Gasteiger partial charge on any atom is -0.491 e. The monoisotopic (exact) mass is 596 g/mol. The molecule has 0 aliphatic rings. The molecule has 0 heterocycles. The van der Waals surface area contributed by atoms with Gasteiger partial charge in [0.1, 0.15) is 24.7 Å². The van der Waals surface area contributed by atoms with Crippen LogP contribution in [0.4, 0.5) is 0 Å². The molecule has 4 aromatic rings. The summed E-state index contributed by atoms with van der Waals surface area (Å²) in [6, 6.07) is 36.3. The zero-order chi connectivity index (χ0) is 31.0. The van der Waals surface area contributed by atoms with Crippen LogP contribution in [0.5, 0.6) is 11.5 Å². The molecule has 4 aromatic carbocycles. The Hall–Kier alpha value is -4.92. The van der Waals surface area contributed by atoms with Crippen molar-refractivity contribution >= 4 is 23.1 Å². The van der Waals surface area contributed by atoms with E-state index in [2.05, 4.69) is 24.3 Å². The van der Waals surface area contributed by atoms with Gasteiger partial charge in [0, 0.05) is 0 Å². The molecular weight excluding hydrogens is 560 g/mol. The number of aliphatic carboxylic acids is 2. The van der Waals surface area contributed by atoms with Gasteiger partial charge >= 0.3 is 11.9 Å². The highest BCUT2D eigenvalue weighted by Crippen LogP contribution is 2.37. The summed E-state index contributed by atoms with van der Waals surface area (Å²) in [4.78, 5) is 21.3.